The zero-order chi connectivity index (χ0) is 14.0. The lowest BCUT2D eigenvalue weighted by molar-refractivity contribution is 1.50. The maximum atomic E-state index is 4.23. The molecule has 0 aliphatic heterocycles. The summed E-state index contributed by atoms with van der Waals surface area (Å²) < 4.78 is 0. The molecule has 0 heteroatoms. The molecule has 0 aromatic heterocycles. The largest absolute Gasteiger partial charge is 0.106 e. The summed E-state index contributed by atoms with van der Waals surface area (Å²) in [5.74, 6) is 0. The monoisotopic (exact) mass is 246 g/mol. The summed E-state index contributed by atoms with van der Waals surface area (Å²) in [6.07, 6.45) is 0. The second kappa shape index (κ2) is 5.11. The van der Waals surface area contributed by atoms with Crippen LogP contribution in [0.1, 0.15) is 5.56 Å². The summed E-state index contributed by atoms with van der Waals surface area (Å²) in [6, 6.07) is 14.8. The Balaban J connectivity index is 0.000000637. The van der Waals surface area contributed by atoms with E-state index in [2.05, 4.69) is 75.7 Å². The van der Waals surface area contributed by atoms with Crippen LogP contribution in [-0.2, 0) is 0 Å². The lowest BCUT2D eigenvalue weighted by Crippen LogP contribution is -2.12. The van der Waals surface area contributed by atoms with E-state index in [1.54, 1.807) is 0 Å². The Kier molecular flexibility index (Phi) is 3.52. The van der Waals surface area contributed by atoms with Gasteiger partial charge in [0.25, 0.3) is 0 Å². The number of hydrogen-bond donors (Lipinski definition) is 0. The van der Waals surface area contributed by atoms with Gasteiger partial charge in [-0.2, -0.15) is 0 Å². The van der Waals surface area contributed by atoms with Crippen molar-refractivity contribution in [3.05, 3.63) is 71.6 Å². The number of benzene rings is 3. The standard InChI is InChI=1S/C17H14.C2H4/c1-11-8-9-16-12(2)14-6-4-5-7-15(14)13(3)17(16)10-11;1-2/h4-10H,2-3H2,1H3;1-2H2. The zero-order valence-electron chi connectivity index (χ0n) is 11.4. The normalized spacial score (nSPS) is 10.2. The van der Waals surface area contributed by atoms with Crippen LogP contribution < -0.4 is 10.4 Å². The lowest BCUT2D eigenvalue weighted by Gasteiger charge is -2.06. The molecule has 0 fully saturated rings. The van der Waals surface area contributed by atoms with Gasteiger partial charge in [0.1, 0.15) is 0 Å². The van der Waals surface area contributed by atoms with Gasteiger partial charge in [0.2, 0.25) is 0 Å². The first-order chi connectivity index (χ1) is 9.18. The maximum Gasteiger partial charge on any atom is -0.0102 e. The quantitative estimate of drug-likeness (QED) is 0.416. The highest BCUT2D eigenvalue weighted by Gasteiger charge is 2.02. The molecule has 0 amide bonds. The summed E-state index contributed by atoms with van der Waals surface area (Å²) in [7, 11) is 0. The maximum absolute atomic E-state index is 4.23. The van der Waals surface area contributed by atoms with Crippen molar-refractivity contribution in [1.29, 1.82) is 0 Å². The highest BCUT2D eigenvalue weighted by Crippen LogP contribution is 2.14. The van der Waals surface area contributed by atoms with Crippen LogP contribution in [0, 0.1) is 6.92 Å². The van der Waals surface area contributed by atoms with E-state index >= 15 is 0 Å². The lowest BCUT2D eigenvalue weighted by atomic mass is 9.98. The Hall–Kier alpha value is -2.34. The van der Waals surface area contributed by atoms with Crippen LogP contribution in [0.2, 0.25) is 0 Å². The van der Waals surface area contributed by atoms with Crippen LogP contribution in [0.3, 0.4) is 0 Å². The van der Waals surface area contributed by atoms with E-state index in [1.165, 1.54) is 27.1 Å². The topological polar surface area (TPSA) is 0 Å². The second-order valence-corrected chi connectivity index (χ2v) is 4.55. The average Bonchev–Trinajstić information content (AvgIpc) is 2.47. The van der Waals surface area contributed by atoms with Crippen LogP contribution in [0.15, 0.2) is 55.6 Å². The fraction of sp³-hybridized carbons (Fsp3) is 0.0526. The van der Waals surface area contributed by atoms with Crippen LogP contribution in [0.5, 0.6) is 0 Å². The summed E-state index contributed by atoms with van der Waals surface area (Å²) in [4.78, 5) is 0. The fourth-order valence-electron chi connectivity index (χ4n) is 2.47. The minimum atomic E-state index is 1.10. The van der Waals surface area contributed by atoms with Crippen molar-refractivity contribution in [1.82, 2.24) is 0 Å². The fourth-order valence-corrected chi connectivity index (χ4v) is 2.47. The molecule has 0 heterocycles. The molecule has 3 aromatic carbocycles. The van der Waals surface area contributed by atoms with E-state index in [0.29, 0.717) is 0 Å². The van der Waals surface area contributed by atoms with Crippen molar-refractivity contribution in [3.63, 3.8) is 0 Å². The van der Waals surface area contributed by atoms with Crippen molar-refractivity contribution in [3.8, 4) is 0 Å². The predicted octanol–water partition coefficient (Wildman–Crippen LogP) is 3.92. The van der Waals surface area contributed by atoms with E-state index < -0.39 is 0 Å². The molecule has 94 valence electrons. The molecule has 3 aromatic rings. The van der Waals surface area contributed by atoms with Crippen molar-refractivity contribution < 1.29 is 0 Å². The molecule has 0 N–H and O–H groups in total. The van der Waals surface area contributed by atoms with Crippen molar-refractivity contribution in [2.45, 2.75) is 6.92 Å². The van der Waals surface area contributed by atoms with Gasteiger partial charge in [-0.3, -0.25) is 0 Å². The van der Waals surface area contributed by atoms with Gasteiger partial charge in [-0.1, -0.05) is 61.2 Å². The Bertz CT molecular complexity index is 841. The molecule has 0 saturated carbocycles. The minimum Gasteiger partial charge on any atom is -0.106 e. The number of fused-ring (bicyclic) bond motifs is 2. The Morgan fingerprint density at radius 2 is 1.16 bits per heavy atom. The third kappa shape index (κ3) is 2.06. The Labute approximate surface area is 114 Å². The summed E-state index contributed by atoms with van der Waals surface area (Å²) in [5, 5.41) is 7.03. The first-order valence-corrected chi connectivity index (χ1v) is 6.27. The van der Waals surface area contributed by atoms with Crippen LogP contribution in [0.4, 0.5) is 0 Å². The Morgan fingerprint density at radius 1 is 0.684 bits per heavy atom. The van der Waals surface area contributed by atoms with Crippen molar-refractivity contribution in [2.75, 3.05) is 0 Å². The van der Waals surface area contributed by atoms with Gasteiger partial charge in [-0.25, -0.2) is 0 Å². The summed E-state index contributed by atoms with van der Waals surface area (Å²) in [6.45, 7) is 16.6. The molecule has 0 unspecified atom stereocenters. The van der Waals surface area contributed by atoms with E-state index in [9.17, 15) is 0 Å². The van der Waals surface area contributed by atoms with Gasteiger partial charge in [0.15, 0.2) is 0 Å². The van der Waals surface area contributed by atoms with Crippen LogP contribution >= 0.6 is 0 Å². The molecule has 0 bridgehead atoms. The zero-order valence-corrected chi connectivity index (χ0v) is 11.4. The van der Waals surface area contributed by atoms with Gasteiger partial charge in [0.05, 0.1) is 0 Å². The molecule has 0 nitrogen and oxygen atoms in total. The highest BCUT2D eigenvalue weighted by atomic mass is 14.1. The molecular formula is C19H18. The van der Waals surface area contributed by atoms with Crippen molar-refractivity contribution >= 4 is 34.7 Å². The van der Waals surface area contributed by atoms with E-state index in [-0.39, 0.29) is 0 Å². The summed E-state index contributed by atoms with van der Waals surface area (Å²) >= 11 is 0. The third-order valence-electron chi connectivity index (χ3n) is 3.40. The van der Waals surface area contributed by atoms with Gasteiger partial charge in [0, 0.05) is 0 Å². The molecular weight excluding hydrogens is 228 g/mol. The molecule has 0 aliphatic rings. The van der Waals surface area contributed by atoms with E-state index in [1.807, 2.05) is 0 Å². The van der Waals surface area contributed by atoms with Gasteiger partial charge < -0.3 is 0 Å². The molecule has 0 aliphatic carbocycles. The van der Waals surface area contributed by atoms with Gasteiger partial charge in [-0.05, 0) is 38.9 Å². The van der Waals surface area contributed by atoms with Crippen LogP contribution in [-0.4, -0.2) is 0 Å². The molecule has 0 saturated heterocycles. The average molecular weight is 246 g/mol. The SMILES string of the molecule is C=C.C=c1c2ccccc2c(=C)c2cc(C)ccc12. The first-order valence-electron chi connectivity index (χ1n) is 6.27. The molecule has 0 radical (unpaired) electrons. The molecule has 0 spiro atoms. The van der Waals surface area contributed by atoms with Gasteiger partial charge in [-0.15, -0.1) is 13.2 Å². The molecule has 0 atom stereocenters. The number of rotatable bonds is 0. The Morgan fingerprint density at radius 3 is 1.74 bits per heavy atom. The molecule has 3 rings (SSSR count). The molecule has 19 heavy (non-hydrogen) atoms. The predicted molar refractivity (Wildman–Crippen MR) is 87.7 cm³/mol. The third-order valence-corrected chi connectivity index (χ3v) is 3.40. The minimum absolute atomic E-state index is 1.10. The second-order valence-electron chi connectivity index (χ2n) is 4.55. The van der Waals surface area contributed by atoms with E-state index in [0.717, 1.165) is 10.4 Å². The van der Waals surface area contributed by atoms with Gasteiger partial charge >= 0.3 is 0 Å². The number of hydrogen-bond acceptors (Lipinski definition) is 0. The first kappa shape index (κ1) is 13.1. The smallest absolute Gasteiger partial charge is 0.0102 e. The van der Waals surface area contributed by atoms with E-state index in [4.69, 9.17) is 0 Å². The highest BCUT2D eigenvalue weighted by molar-refractivity contribution is 5.99. The van der Waals surface area contributed by atoms with Crippen molar-refractivity contribution in [2.24, 2.45) is 0 Å². The number of aryl methyl sites for hydroxylation is 1. The summed E-state index contributed by atoms with van der Waals surface area (Å²) in [5.41, 5.74) is 1.26. The van der Waals surface area contributed by atoms with Crippen LogP contribution in [0.25, 0.3) is 34.7 Å².